The number of alkyl halides is 3. The van der Waals surface area contributed by atoms with Crippen LogP contribution in [-0.4, -0.2) is 63.0 Å². The lowest BCUT2D eigenvalue weighted by atomic mass is 10.0. The monoisotopic (exact) mass is 834 g/mol. The van der Waals surface area contributed by atoms with Gasteiger partial charge in [-0.05, 0) is 84.6 Å². The number of hydrogen-bond donors (Lipinski definition) is 0. The van der Waals surface area contributed by atoms with Crippen LogP contribution in [-0.2, 0) is 38.5 Å². The van der Waals surface area contributed by atoms with E-state index in [-0.39, 0.29) is 43.8 Å². The quantitative estimate of drug-likeness (QED) is 0.0744. The lowest BCUT2D eigenvalue weighted by Gasteiger charge is -2.21. The number of carbonyl (C=O) groups excluding carboxylic acids is 2. The zero-order valence-electron chi connectivity index (χ0n) is 29.5. The molecule has 2 aromatic carbocycles. The molecule has 0 saturated carbocycles. The second kappa shape index (κ2) is 17.5. The number of hydrogen-bond acceptors (Lipinski definition) is 12. The van der Waals surface area contributed by atoms with Crippen molar-refractivity contribution in [3.05, 3.63) is 88.2 Å². The highest BCUT2D eigenvalue weighted by atomic mass is 79.9. The Labute approximate surface area is 320 Å². The molecule has 0 amide bonds. The molecule has 5 rings (SSSR count). The summed E-state index contributed by atoms with van der Waals surface area (Å²) in [6.07, 6.45) is -4.39. The van der Waals surface area contributed by atoms with Gasteiger partial charge in [0.2, 0.25) is 12.0 Å². The zero-order chi connectivity index (χ0) is 39.0. The van der Waals surface area contributed by atoms with Crippen molar-refractivity contribution >= 4 is 49.4 Å². The van der Waals surface area contributed by atoms with Gasteiger partial charge in [0, 0.05) is 12.6 Å². The smallest absolute Gasteiger partial charge is 0.392 e. The number of benzene rings is 2. The standard InChI is InChI=1S/C37H35BrF4N4O7S/c1-5-49-34(48)27(52-32-29-30(38)31(54-33(29)45-20-44-32)22-7-9-24(39)10-8-22)18-23-16-21(17-28(47)53-36(2,3)4)6-11-26(23)51-19-25-12-14-43-35(46-25)50-15-13-37(40,41)42/h6-12,14,16,20,27H,5,13,15,17-19H2,1-4H3/t27-/m1/s1. The van der Waals surface area contributed by atoms with Crippen LogP contribution in [0.1, 0.15) is 50.9 Å². The molecule has 286 valence electrons. The van der Waals surface area contributed by atoms with E-state index in [1.165, 1.54) is 42.1 Å². The molecule has 5 aromatic rings. The molecule has 3 aromatic heterocycles. The van der Waals surface area contributed by atoms with Crippen LogP contribution in [0.4, 0.5) is 17.6 Å². The molecule has 0 spiro atoms. The van der Waals surface area contributed by atoms with Gasteiger partial charge in [-0.3, -0.25) is 4.79 Å². The Morgan fingerprint density at radius 3 is 2.44 bits per heavy atom. The van der Waals surface area contributed by atoms with Gasteiger partial charge in [0.05, 0.1) is 39.9 Å². The predicted molar refractivity (Wildman–Crippen MR) is 194 cm³/mol. The van der Waals surface area contributed by atoms with Crippen LogP contribution in [0.2, 0.25) is 0 Å². The molecule has 54 heavy (non-hydrogen) atoms. The van der Waals surface area contributed by atoms with E-state index in [4.69, 9.17) is 23.7 Å². The van der Waals surface area contributed by atoms with Crippen molar-refractivity contribution in [3.63, 3.8) is 0 Å². The fraction of sp³-hybridized carbons (Fsp3) is 0.351. The SMILES string of the molecule is CCOC(=O)[C@@H](Cc1cc(CC(=O)OC(C)(C)C)ccc1OCc1ccnc(OCCC(F)(F)F)n1)Oc1ncnc2sc(-c3ccc(F)cc3)c(Br)c12. The summed E-state index contributed by atoms with van der Waals surface area (Å²) in [5, 5.41) is 0.489. The zero-order valence-corrected chi connectivity index (χ0v) is 31.9. The predicted octanol–water partition coefficient (Wildman–Crippen LogP) is 8.40. The Bertz CT molecular complexity index is 2090. The number of ether oxygens (including phenoxy) is 5. The molecule has 0 aliphatic carbocycles. The average Bonchev–Trinajstić information content (AvgIpc) is 3.43. The van der Waals surface area contributed by atoms with Crippen molar-refractivity contribution < 1.29 is 50.8 Å². The summed E-state index contributed by atoms with van der Waals surface area (Å²) in [7, 11) is 0. The van der Waals surface area contributed by atoms with E-state index in [9.17, 15) is 27.2 Å². The number of fused-ring (bicyclic) bond motifs is 1. The summed E-state index contributed by atoms with van der Waals surface area (Å²) in [4.78, 5) is 44.2. The van der Waals surface area contributed by atoms with Crippen molar-refractivity contribution in [1.82, 2.24) is 19.9 Å². The lowest BCUT2D eigenvalue weighted by molar-refractivity contribution is -0.154. The highest BCUT2D eigenvalue weighted by Gasteiger charge is 2.29. The van der Waals surface area contributed by atoms with Crippen molar-refractivity contribution in [1.29, 1.82) is 0 Å². The van der Waals surface area contributed by atoms with Gasteiger partial charge < -0.3 is 23.7 Å². The van der Waals surface area contributed by atoms with E-state index < -0.39 is 42.8 Å². The van der Waals surface area contributed by atoms with Crippen LogP contribution in [0.5, 0.6) is 17.6 Å². The second-order valence-electron chi connectivity index (χ2n) is 12.7. The first-order valence-electron chi connectivity index (χ1n) is 16.6. The van der Waals surface area contributed by atoms with Crippen molar-refractivity contribution in [3.8, 4) is 28.1 Å². The first-order valence-corrected chi connectivity index (χ1v) is 18.2. The van der Waals surface area contributed by atoms with Gasteiger partial charge in [-0.15, -0.1) is 11.3 Å². The number of nitrogens with zero attached hydrogens (tertiary/aromatic N) is 4. The van der Waals surface area contributed by atoms with Crippen LogP contribution < -0.4 is 14.2 Å². The van der Waals surface area contributed by atoms with Crippen LogP contribution in [0.3, 0.4) is 0 Å². The minimum Gasteiger partial charge on any atom is -0.487 e. The first-order chi connectivity index (χ1) is 25.6. The number of rotatable bonds is 15. The largest absolute Gasteiger partial charge is 0.487 e. The molecule has 0 radical (unpaired) electrons. The topological polar surface area (TPSA) is 132 Å². The third-order valence-corrected chi connectivity index (χ3v) is 9.49. The van der Waals surface area contributed by atoms with Gasteiger partial charge >= 0.3 is 24.1 Å². The van der Waals surface area contributed by atoms with E-state index in [1.807, 2.05) is 0 Å². The Kier molecular flexibility index (Phi) is 13.1. The highest BCUT2D eigenvalue weighted by Crippen LogP contribution is 2.44. The van der Waals surface area contributed by atoms with Gasteiger partial charge in [-0.1, -0.05) is 24.3 Å². The summed E-state index contributed by atoms with van der Waals surface area (Å²) in [6, 6.07) is 12.2. The Hall–Kier alpha value is -4.90. The summed E-state index contributed by atoms with van der Waals surface area (Å²) in [5.41, 5.74) is 1.33. The minimum absolute atomic E-state index is 0.0534. The molecular weight excluding hydrogens is 800 g/mol. The third-order valence-electron chi connectivity index (χ3n) is 7.29. The van der Waals surface area contributed by atoms with Crippen molar-refractivity contribution in [2.75, 3.05) is 13.2 Å². The van der Waals surface area contributed by atoms with E-state index in [0.29, 0.717) is 37.3 Å². The maximum atomic E-state index is 13.7. The molecule has 0 unspecified atom stereocenters. The molecule has 0 fully saturated rings. The van der Waals surface area contributed by atoms with Gasteiger partial charge in [-0.25, -0.2) is 24.1 Å². The van der Waals surface area contributed by atoms with E-state index in [2.05, 4.69) is 35.9 Å². The van der Waals surface area contributed by atoms with E-state index in [1.54, 1.807) is 58.0 Å². The number of esters is 2. The second-order valence-corrected chi connectivity index (χ2v) is 14.5. The van der Waals surface area contributed by atoms with Gasteiger partial charge in [0.25, 0.3) is 0 Å². The number of thiophene rings is 1. The molecule has 1 atom stereocenters. The van der Waals surface area contributed by atoms with Crippen LogP contribution in [0, 0.1) is 5.82 Å². The fourth-order valence-electron chi connectivity index (χ4n) is 5.02. The van der Waals surface area contributed by atoms with Crippen molar-refractivity contribution in [2.45, 2.75) is 71.4 Å². The molecule has 0 N–H and O–H groups in total. The van der Waals surface area contributed by atoms with Gasteiger partial charge in [0.15, 0.2) is 0 Å². The van der Waals surface area contributed by atoms with Crippen LogP contribution >= 0.6 is 27.3 Å². The van der Waals surface area contributed by atoms with Gasteiger partial charge in [0.1, 0.15) is 41.5 Å². The number of aromatic nitrogens is 4. The van der Waals surface area contributed by atoms with Crippen LogP contribution in [0.25, 0.3) is 20.7 Å². The van der Waals surface area contributed by atoms with Crippen molar-refractivity contribution in [2.24, 2.45) is 0 Å². The molecule has 17 heteroatoms. The molecule has 0 saturated heterocycles. The highest BCUT2D eigenvalue weighted by molar-refractivity contribution is 9.10. The van der Waals surface area contributed by atoms with E-state index in [0.717, 1.165) is 10.4 Å². The molecule has 3 heterocycles. The summed E-state index contributed by atoms with van der Waals surface area (Å²) in [5.74, 6) is -1.18. The molecule has 0 aliphatic rings. The Balaban J connectivity index is 1.45. The summed E-state index contributed by atoms with van der Waals surface area (Å²) >= 11 is 4.95. The summed E-state index contributed by atoms with van der Waals surface area (Å²) in [6.45, 7) is 6.18. The molecule has 0 aliphatic heterocycles. The molecule has 0 bridgehead atoms. The maximum Gasteiger partial charge on any atom is 0.392 e. The molecule has 11 nitrogen and oxygen atoms in total. The number of halogens is 5. The number of carbonyl (C=O) groups is 2. The van der Waals surface area contributed by atoms with E-state index >= 15 is 0 Å². The first kappa shape index (κ1) is 40.3. The Morgan fingerprint density at radius 1 is 0.981 bits per heavy atom. The normalized spacial score (nSPS) is 12.3. The fourth-order valence-corrected chi connectivity index (χ4v) is 7.01. The average molecular weight is 836 g/mol. The van der Waals surface area contributed by atoms with Gasteiger partial charge in [-0.2, -0.15) is 18.2 Å². The maximum absolute atomic E-state index is 13.7. The summed E-state index contributed by atoms with van der Waals surface area (Å²) < 4.78 is 80.4. The van der Waals surface area contributed by atoms with Crippen LogP contribution in [0.15, 0.2) is 65.5 Å². The lowest BCUT2D eigenvalue weighted by Crippen LogP contribution is -2.32. The molecular formula is C37H35BrF4N4O7S. The third kappa shape index (κ3) is 11.3. The minimum atomic E-state index is -4.40. The Morgan fingerprint density at radius 2 is 1.74 bits per heavy atom.